The van der Waals surface area contributed by atoms with Gasteiger partial charge in [0.15, 0.2) is 0 Å². The Kier molecular flexibility index (Phi) is 3.76. The van der Waals surface area contributed by atoms with Crippen molar-refractivity contribution >= 4 is 23.0 Å². The van der Waals surface area contributed by atoms with Crippen molar-refractivity contribution in [1.82, 2.24) is 20.3 Å². The fourth-order valence-corrected chi connectivity index (χ4v) is 2.71. The van der Waals surface area contributed by atoms with Crippen molar-refractivity contribution in [3.8, 4) is 0 Å². The van der Waals surface area contributed by atoms with E-state index in [1.807, 2.05) is 11.8 Å². The number of anilines is 1. The fourth-order valence-electron chi connectivity index (χ4n) is 2.71. The van der Waals surface area contributed by atoms with E-state index in [4.69, 9.17) is 5.11 Å². The third-order valence-corrected chi connectivity index (χ3v) is 3.82. The lowest BCUT2D eigenvalue weighted by atomic mass is 10.2. The van der Waals surface area contributed by atoms with Crippen molar-refractivity contribution in [3.63, 3.8) is 0 Å². The molecule has 2 aromatic heterocycles. The van der Waals surface area contributed by atoms with Gasteiger partial charge in [0.1, 0.15) is 11.2 Å². The molecule has 0 aliphatic carbocycles. The molecule has 8 heteroatoms. The Bertz CT molecular complexity index is 767. The third-order valence-electron chi connectivity index (χ3n) is 3.82. The number of aromatic carboxylic acids is 1. The molecule has 1 aliphatic heterocycles. The zero-order chi connectivity index (χ0) is 15.7. The normalized spacial score (nSPS) is 17.8. The number of pyridine rings is 1. The summed E-state index contributed by atoms with van der Waals surface area (Å²) in [6.07, 6.45) is 3.85. The van der Waals surface area contributed by atoms with Crippen LogP contribution in [0.5, 0.6) is 0 Å². The summed E-state index contributed by atoms with van der Waals surface area (Å²) >= 11 is 0. The SMILES string of the molecule is CCN(c1ncc2cc(C(=O)O)c(=O)[nH]c2n1)C1CCCN1. The Balaban J connectivity index is 2.03. The molecule has 1 atom stereocenters. The number of aromatic amines is 1. The number of nitrogens with one attached hydrogen (secondary N) is 2. The number of nitrogens with zero attached hydrogens (tertiary/aromatic N) is 3. The zero-order valence-electron chi connectivity index (χ0n) is 12.2. The number of carbonyl (C=O) groups is 1. The standard InChI is InChI=1S/C14H17N5O3/c1-2-19(10-4-3-5-15-10)14-16-7-8-6-9(13(21)22)12(20)17-11(8)18-14/h6-7,10,15H,2-5H2,1H3,(H,21,22)(H,16,17,18,20). The topological polar surface area (TPSA) is 111 Å². The first-order valence-corrected chi connectivity index (χ1v) is 7.23. The Labute approximate surface area is 126 Å². The maximum Gasteiger partial charge on any atom is 0.341 e. The summed E-state index contributed by atoms with van der Waals surface area (Å²) < 4.78 is 0. The van der Waals surface area contributed by atoms with Crippen LogP contribution in [0.3, 0.4) is 0 Å². The molecular weight excluding hydrogens is 286 g/mol. The van der Waals surface area contributed by atoms with Gasteiger partial charge in [-0.2, -0.15) is 4.98 Å². The molecule has 0 saturated carbocycles. The first-order chi connectivity index (χ1) is 10.6. The number of carboxylic acid groups (broad SMARTS) is 1. The second-order valence-corrected chi connectivity index (χ2v) is 5.19. The Morgan fingerprint density at radius 1 is 1.55 bits per heavy atom. The van der Waals surface area contributed by atoms with Crippen LogP contribution in [-0.4, -0.2) is 45.3 Å². The van der Waals surface area contributed by atoms with Crippen LogP contribution in [0.1, 0.15) is 30.1 Å². The van der Waals surface area contributed by atoms with Crippen LogP contribution >= 0.6 is 0 Å². The van der Waals surface area contributed by atoms with E-state index in [1.165, 1.54) is 12.3 Å². The van der Waals surface area contributed by atoms with Gasteiger partial charge in [-0.1, -0.05) is 0 Å². The summed E-state index contributed by atoms with van der Waals surface area (Å²) in [6.45, 7) is 3.72. The number of aromatic nitrogens is 3. The Hall–Kier alpha value is -2.48. The zero-order valence-corrected chi connectivity index (χ0v) is 12.2. The van der Waals surface area contributed by atoms with Gasteiger partial charge in [-0.25, -0.2) is 9.78 Å². The van der Waals surface area contributed by atoms with E-state index >= 15 is 0 Å². The number of rotatable bonds is 4. The predicted molar refractivity (Wildman–Crippen MR) is 81.2 cm³/mol. The molecule has 22 heavy (non-hydrogen) atoms. The van der Waals surface area contributed by atoms with Crippen molar-refractivity contribution in [2.45, 2.75) is 25.9 Å². The van der Waals surface area contributed by atoms with Gasteiger partial charge < -0.3 is 15.0 Å². The molecular formula is C14H17N5O3. The van der Waals surface area contributed by atoms with E-state index in [2.05, 4.69) is 20.3 Å². The van der Waals surface area contributed by atoms with Crippen molar-refractivity contribution in [1.29, 1.82) is 0 Å². The number of hydrogen-bond donors (Lipinski definition) is 3. The molecule has 1 saturated heterocycles. The van der Waals surface area contributed by atoms with Crippen LogP contribution in [0.25, 0.3) is 11.0 Å². The van der Waals surface area contributed by atoms with E-state index in [1.54, 1.807) is 0 Å². The molecule has 0 aromatic carbocycles. The van der Waals surface area contributed by atoms with E-state index in [-0.39, 0.29) is 11.7 Å². The first kappa shape index (κ1) is 14.5. The van der Waals surface area contributed by atoms with Crippen molar-refractivity contribution in [3.05, 3.63) is 28.2 Å². The van der Waals surface area contributed by atoms with E-state index in [9.17, 15) is 9.59 Å². The van der Waals surface area contributed by atoms with Crippen molar-refractivity contribution in [2.75, 3.05) is 18.0 Å². The number of carboxylic acids is 1. The summed E-state index contributed by atoms with van der Waals surface area (Å²) in [6, 6.07) is 1.30. The van der Waals surface area contributed by atoms with Gasteiger partial charge >= 0.3 is 5.97 Å². The van der Waals surface area contributed by atoms with Crippen LogP contribution in [0, 0.1) is 0 Å². The highest BCUT2D eigenvalue weighted by atomic mass is 16.4. The van der Waals surface area contributed by atoms with E-state index in [0.29, 0.717) is 17.0 Å². The molecule has 3 heterocycles. The number of hydrogen-bond acceptors (Lipinski definition) is 6. The highest BCUT2D eigenvalue weighted by Crippen LogP contribution is 2.18. The molecule has 3 N–H and O–H groups in total. The maximum absolute atomic E-state index is 11.8. The maximum atomic E-state index is 11.8. The van der Waals surface area contributed by atoms with Crippen LogP contribution in [0.15, 0.2) is 17.1 Å². The van der Waals surface area contributed by atoms with Crippen LogP contribution in [-0.2, 0) is 0 Å². The van der Waals surface area contributed by atoms with Crippen LogP contribution < -0.4 is 15.8 Å². The minimum Gasteiger partial charge on any atom is -0.477 e. The van der Waals surface area contributed by atoms with Gasteiger partial charge in [0.25, 0.3) is 5.56 Å². The summed E-state index contributed by atoms with van der Waals surface area (Å²) in [5, 5.41) is 12.9. The molecule has 1 fully saturated rings. The molecule has 1 aliphatic rings. The van der Waals surface area contributed by atoms with Crippen molar-refractivity contribution < 1.29 is 9.90 Å². The second kappa shape index (κ2) is 5.72. The van der Waals surface area contributed by atoms with E-state index < -0.39 is 11.5 Å². The lowest BCUT2D eigenvalue weighted by Gasteiger charge is -2.27. The molecule has 116 valence electrons. The summed E-state index contributed by atoms with van der Waals surface area (Å²) in [5.41, 5.74) is -0.628. The molecule has 2 aromatic rings. The number of H-pyrrole nitrogens is 1. The van der Waals surface area contributed by atoms with Crippen LogP contribution in [0.2, 0.25) is 0 Å². The van der Waals surface area contributed by atoms with Gasteiger partial charge in [-0.15, -0.1) is 0 Å². The highest BCUT2D eigenvalue weighted by molar-refractivity contribution is 5.91. The van der Waals surface area contributed by atoms with E-state index in [0.717, 1.165) is 25.9 Å². The molecule has 3 rings (SSSR count). The highest BCUT2D eigenvalue weighted by Gasteiger charge is 2.23. The average molecular weight is 303 g/mol. The molecule has 8 nitrogen and oxygen atoms in total. The molecule has 0 radical (unpaired) electrons. The predicted octanol–water partition coefficient (Wildman–Crippen LogP) is 0.552. The van der Waals surface area contributed by atoms with Gasteiger partial charge in [0.05, 0.1) is 6.17 Å². The minimum atomic E-state index is -1.27. The van der Waals surface area contributed by atoms with Gasteiger partial charge in [-0.05, 0) is 32.4 Å². The first-order valence-electron chi connectivity index (χ1n) is 7.23. The lowest BCUT2D eigenvalue weighted by molar-refractivity contribution is 0.0695. The van der Waals surface area contributed by atoms with Gasteiger partial charge in [0, 0.05) is 18.1 Å². The summed E-state index contributed by atoms with van der Waals surface area (Å²) in [5.74, 6) is -0.745. The molecule has 0 bridgehead atoms. The van der Waals surface area contributed by atoms with Crippen molar-refractivity contribution in [2.24, 2.45) is 0 Å². The monoisotopic (exact) mass is 303 g/mol. The molecule has 0 amide bonds. The Morgan fingerprint density at radius 2 is 2.36 bits per heavy atom. The third kappa shape index (κ3) is 2.52. The largest absolute Gasteiger partial charge is 0.477 e. The van der Waals surface area contributed by atoms with Gasteiger partial charge in [-0.3, -0.25) is 10.1 Å². The summed E-state index contributed by atoms with van der Waals surface area (Å²) in [4.78, 5) is 36.0. The molecule has 1 unspecified atom stereocenters. The quantitative estimate of drug-likeness (QED) is 0.756. The summed E-state index contributed by atoms with van der Waals surface area (Å²) in [7, 11) is 0. The second-order valence-electron chi connectivity index (χ2n) is 5.19. The minimum absolute atomic E-state index is 0.187. The lowest BCUT2D eigenvalue weighted by Crippen LogP contribution is -2.42. The van der Waals surface area contributed by atoms with Crippen LogP contribution in [0.4, 0.5) is 5.95 Å². The average Bonchev–Trinajstić information content (AvgIpc) is 3.01. The fraction of sp³-hybridized carbons (Fsp3) is 0.429. The number of fused-ring (bicyclic) bond motifs is 1. The van der Waals surface area contributed by atoms with Gasteiger partial charge in [0.2, 0.25) is 5.95 Å². The Morgan fingerprint density at radius 3 is 3.00 bits per heavy atom. The molecule has 0 spiro atoms. The smallest absolute Gasteiger partial charge is 0.341 e.